The number of carbonyl (C=O) groups excluding carboxylic acids is 4. The van der Waals surface area contributed by atoms with E-state index in [2.05, 4.69) is 22.6 Å². The summed E-state index contributed by atoms with van der Waals surface area (Å²) in [5.74, 6) is -2.18. The third kappa shape index (κ3) is 3.12. The highest BCUT2D eigenvalue weighted by atomic mass is 127. The second-order valence-corrected chi connectivity index (χ2v) is 5.81. The van der Waals surface area contributed by atoms with E-state index in [1.807, 2.05) is 0 Å². The summed E-state index contributed by atoms with van der Waals surface area (Å²) in [4.78, 5) is 49.1. The highest BCUT2D eigenvalue weighted by Gasteiger charge is 2.44. The maximum absolute atomic E-state index is 12.1. The SMILES string of the molecule is CCCN1C(=O)C(=O)N(CC(=O)c2ccc(I)cc2)C1=O. The molecule has 21 heavy (non-hydrogen) atoms. The summed E-state index contributed by atoms with van der Waals surface area (Å²) in [6.45, 7) is 1.56. The van der Waals surface area contributed by atoms with E-state index in [9.17, 15) is 19.2 Å². The van der Waals surface area contributed by atoms with Crippen molar-refractivity contribution in [3.8, 4) is 0 Å². The van der Waals surface area contributed by atoms with E-state index in [0.717, 1.165) is 8.47 Å². The summed E-state index contributed by atoms with van der Waals surface area (Å²) in [6.07, 6.45) is 0.559. The summed E-state index contributed by atoms with van der Waals surface area (Å²) < 4.78 is 0.974. The van der Waals surface area contributed by atoms with Gasteiger partial charge in [-0.25, -0.2) is 9.69 Å². The molecule has 0 radical (unpaired) electrons. The van der Waals surface area contributed by atoms with Gasteiger partial charge in [0.25, 0.3) is 0 Å². The Bertz CT molecular complexity index is 612. The number of amides is 4. The minimum Gasteiger partial charge on any atom is -0.292 e. The lowest BCUT2D eigenvalue weighted by Crippen LogP contribution is -2.37. The van der Waals surface area contributed by atoms with Crippen LogP contribution in [0.2, 0.25) is 0 Å². The maximum Gasteiger partial charge on any atom is 0.334 e. The van der Waals surface area contributed by atoms with Gasteiger partial charge in [0.2, 0.25) is 0 Å². The fourth-order valence-electron chi connectivity index (χ4n) is 1.98. The molecule has 6 nitrogen and oxygen atoms in total. The molecule has 0 N–H and O–H groups in total. The molecule has 7 heteroatoms. The van der Waals surface area contributed by atoms with Gasteiger partial charge in [-0.2, -0.15) is 0 Å². The summed E-state index contributed by atoms with van der Waals surface area (Å²) >= 11 is 2.11. The van der Waals surface area contributed by atoms with Crippen molar-refractivity contribution in [1.29, 1.82) is 0 Å². The molecule has 0 unspecified atom stereocenters. The Morgan fingerprint density at radius 2 is 1.62 bits per heavy atom. The van der Waals surface area contributed by atoms with Gasteiger partial charge in [0.15, 0.2) is 5.78 Å². The van der Waals surface area contributed by atoms with Crippen molar-refractivity contribution in [1.82, 2.24) is 9.80 Å². The van der Waals surface area contributed by atoms with Crippen LogP contribution in [-0.2, 0) is 9.59 Å². The Balaban J connectivity index is 2.14. The van der Waals surface area contributed by atoms with Gasteiger partial charge in [0.05, 0.1) is 6.54 Å². The average molecular weight is 400 g/mol. The topological polar surface area (TPSA) is 74.8 Å². The Morgan fingerprint density at radius 1 is 1.05 bits per heavy atom. The molecule has 0 spiro atoms. The standard InChI is InChI=1S/C14H13IN2O4/c1-2-7-16-12(19)13(20)17(14(16)21)8-11(18)9-3-5-10(15)6-4-9/h3-6H,2,7-8H2,1H3. The Hall–Kier alpha value is -1.77. The zero-order chi connectivity index (χ0) is 15.6. The number of rotatable bonds is 5. The van der Waals surface area contributed by atoms with Gasteiger partial charge >= 0.3 is 17.8 Å². The Kier molecular flexibility index (Phi) is 4.71. The molecule has 0 aromatic heterocycles. The summed E-state index contributed by atoms with van der Waals surface area (Å²) in [6, 6.07) is 6.05. The van der Waals surface area contributed by atoms with Crippen LogP contribution in [0, 0.1) is 3.57 Å². The van der Waals surface area contributed by atoms with Crippen molar-refractivity contribution in [2.24, 2.45) is 0 Å². The van der Waals surface area contributed by atoms with Gasteiger partial charge in [-0.05, 0) is 41.1 Å². The number of hydrogen-bond donors (Lipinski definition) is 0. The first-order chi connectivity index (χ1) is 9.95. The van der Waals surface area contributed by atoms with Crippen LogP contribution in [0.25, 0.3) is 0 Å². The van der Waals surface area contributed by atoms with Crippen LogP contribution >= 0.6 is 22.6 Å². The molecule has 0 atom stereocenters. The fourth-order valence-corrected chi connectivity index (χ4v) is 2.34. The van der Waals surface area contributed by atoms with E-state index in [1.165, 1.54) is 0 Å². The number of halogens is 1. The molecule has 0 aliphatic carbocycles. The molecular weight excluding hydrogens is 387 g/mol. The molecule has 4 amide bonds. The Morgan fingerprint density at radius 3 is 2.19 bits per heavy atom. The number of imide groups is 2. The van der Waals surface area contributed by atoms with Crippen molar-refractivity contribution in [2.45, 2.75) is 13.3 Å². The van der Waals surface area contributed by atoms with E-state index in [-0.39, 0.29) is 12.3 Å². The van der Waals surface area contributed by atoms with Crippen LogP contribution in [0.5, 0.6) is 0 Å². The first kappa shape index (κ1) is 15.6. The molecule has 1 fully saturated rings. The quantitative estimate of drug-likeness (QED) is 0.326. The van der Waals surface area contributed by atoms with Crippen LogP contribution in [0.15, 0.2) is 24.3 Å². The monoisotopic (exact) mass is 400 g/mol. The van der Waals surface area contributed by atoms with E-state index >= 15 is 0 Å². The minimum absolute atomic E-state index is 0.178. The molecule has 1 saturated heterocycles. The van der Waals surface area contributed by atoms with Crippen molar-refractivity contribution in [2.75, 3.05) is 13.1 Å². The van der Waals surface area contributed by atoms with Gasteiger partial charge < -0.3 is 0 Å². The molecule has 1 aliphatic rings. The van der Waals surface area contributed by atoms with Crippen molar-refractivity contribution >= 4 is 46.2 Å². The molecule has 0 bridgehead atoms. The van der Waals surface area contributed by atoms with E-state index in [0.29, 0.717) is 16.9 Å². The van der Waals surface area contributed by atoms with Gasteiger partial charge in [-0.3, -0.25) is 19.3 Å². The predicted molar refractivity (Wildman–Crippen MR) is 82.6 cm³/mol. The third-order valence-corrected chi connectivity index (χ3v) is 3.77. The first-order valence-electron chi connectivity index (χ1n) is 6.41. The third-order valence-electron chi connectivity index (χ3n) is 3.05. The lowest BCUT2D eigenvalue weighted by atomic mass is 10.1. The van der Waals surface area contributed by atoms with E-state index in [4.69, 9.17) is 0 Å². The van der Waals surface area contributed by atoms with Crippen LogP contribution in [0.1, 0.15) is 23.7 Å². The second-order valence-electron chi connectivity index (χ2n) is 4.56. The summed E-state index contributed by atoms with van der Waals surface area (Å²) in [7, 11) is 0. The predicted octanol–water partition coefficient (Wildman–Crippen LogP) is 1.67. The molecular formula is C14H13IN2O4. The van der Waals surface area contributed by atoms with Crippen molar-refractivity contribution < 1.29 is 19.2 Å². The second kappa shape index (κ2) is 6.33. The van der Waals surface area contributed by atoms with E-state index < -0.39 is 24.4 Å². The lowest BCUT2D eigenvalue weighted by molar-refractivity contribution is -0.143. The van der Waals surface area contributed by atoms with Gasteiger partial charge in [-0.15, -0.1) is 0 Å². The molecule has 1 heterocycles. The highest BCUT2D eigenvalue weighted by Crippen LogP contribution is 2.14. The minimum atomic E-state index is -0.938. The zero-order valence-electron chi connectivity index (χ0n) is 11.3. The number of benzene rings is 1. The van der Waals surface area contributed by atoms with Crippen molar-refractivity contribution in [3.05, 3.63) is 33.4 Å². The maximum atomic E-state index is 12.1. The van der Waals surface area contributed by atoms with E-state index in [1.54, 1.807) is 31.2 Å². The fraction of sp³-hybridized carbons (Fsp3) is 0.286. The molecule has 110 valence electrons. The average Bonchev–Trinajstić information content (AvgIpc) is 2.66. The van der Waals surface area contributed by atoms with Gasteiger partial charge in [0.1, 0.15) is 0 Å². The summed E-state index contributed by atoms with van der Waals surface area (Å²) in [5.41, 5.74) is 0.400. The highest BCUT2D eigenvalue weighted by molar-refractivity contribution is 14.1. The first-order valence-corrected chi connectivity index (χ1v) is 7.49. The largest absolute Gasteiger partial charge is 0.334 e. The summed E-state index contributed by atoms with van der Waals surface area (Å²) in [5, 5.41) is 0. The molecule has 1 aliphatic heterocycles. The molecule has 1 aromatic rings. The number of Topliss-reactive ketones (excluding diaryl/α,β-unsaturated/α-hetero) is 1. The van der Waals surface area contributed by atoms with Gasteiger partial charge in [-0.1, -0.05) is 19.1 Å². The smallest absolute Gasteiger partial charge is 0.292 e. The number of ketones is 1. The molecule has 2 rings (SSSR count). The number of urea groups is 1. The van der Waals surface area contributed by atoms with Crippen molar-refractivity contribution in [3.63, 3.8) is 0 Å². The van der Waals surface area contributed by atoms with Crippen LogP contribution in [-0.4, -0.2) is 46.5 Å². The molecule has 0 saturated carbocycles. The molecule has 1 aromatic carbocycles. The Labute approximate surface area is 135 Å². The van der Waals surface area contributed by atoms with Crippen LogP contribution < -0.4 is 0 Å². The number of hydrogen-bond acceptors (Lipinski definition) is 4. The van der Waals surface area contributed by atoms with Crippen LogP contribution in [0.4, 0.5) is 4.79 Å². The lowest BCUT2D eigenvalue weighted by Gasteiger charge is -2.14. The zero-order valence-corrected chi connectivity index (χ0v) is 13.5. The number of nitrogens with zero attached hydrogens (tertiary/aromatic N) is 2. The number of carbonyl (C=O) groups is 4. The van der Waals surface area contributed by atoms with Gasteiger partial charge in [0, 0.05) is 15.7 Å². The van der Waals surface area contributed by atoms with Crippen LogP contribution in [0.3, 0.4) is 0 Å². The normalized spacial score (nSPS) is 15.0.